The van der Waals surface area contributed by atoms with Gasteiger partial charge in [0.05, 0.1) is 7.11 Å². The van der Waals surface area contributed by atoms with Crippen LogP contribution in [0.4, 0.5) is 5.13 Å². The van der Waals surface area contributed by atoms with E-state index in [0.717, 1.165) is 0 Å². The lowest BCUT2D eigenvalue weighted by Crippen LogP contribution is -2.20. The summed E-state index contributed by atoms with van der Waals surface area (Å²) in [6.07, 6.45) is 0.335. The van der Waals surface area contributed by atoms with Crippen molar-refractivity contribution in [1.82, 2.24) is 4.98 Å². The fourth-order valence-electron chi connectivity index (χ4n) is 1.42. The van der Waals surface area contributed by atoms with Gasteiger partial charge in [-0.3, -0.25) is 10.1 Å². The number of rotatable bonds is 4. The second kappa shape index (κ2) is 5.61. The molecular formula is C12H12N2O3S. The van der Waals surface area contributed by atoms with Gasteiger partial charge in [-0.15, -0.1) is 11.3 Å². The van der Waals surface area contributed by atoms with Gasteiger partial charge in [-0.2, -0.15) is 0 Å². The molecule has 94 valence electrons. The SMILES string of the molecule is COc1cccc(C(O)C(=O)Nc2nccs2)c1. The van der Waals surface area contributed by atoms with Crippen LogP contribution >= 0.6 is 11.3 Å². The number of carbonyl (C=O) groups is 1. The smallest absolute Gasteiger partial charge is 0.259 e. The Labute approximate surface area is 108 Å². The normalized spacial score (nSPS) is 11.9. The predicted molar refractivity (Wildman–Crippen MR) is 68.7 cm³/mol. The quantitative estimate of drug-likeness (QED) is 0.883. The molecule has 2 rings (SSSR count). The number of methoxy groups -OCH3 is 1. The average molecular weight is 264 g/mol. The largest absolute Gasteiger partial charge is 0.497 e. The maximum Gasteiger partial charge on any atom is 0.259 e. The molecule has 0 spiro atoms. The second-order valence-electron chi connectivity index (χ2n) is 3.51. The van der Waals surface area contributed by atoms with Gasteiger partial charge >= 0.3 is 0 Å². The van der Waals surface area contributed by atoms with E-state index in [1.807, 2.05) is 0 Å². The van der Waals surface area contributed by atoms with E-state index in [9.17, 15) is 9.90 Å². The number of carbonyl (C=O) groups excluding carboxylic acids is 1. The number of anilines is 1. The van der Waals surface area contributed by atoms with E-state index in [2.05, 4.69) is 10.3 Å². The van der Waals surface area contributed by atoms with Crippen molar-refractivity contribution in [3.05, 3.63) is 41.4 Å². The maximum atomic E-state index is 11.8. The molecule has 1 aromatic carbocycles. The molecule has 0 saturated carbocycles. The number of aromatic nitrogens is 1. The molecule has 0 fully saturated rings. The summed E-state index contributed by atoms with van der Waals surface area (Å²) >= 11 is 1.29. The van der Waals surface area contributed by atoms with Gasteiger partial charge in [-0.25, -0.2) is 4.98 Å². The highest BCUT2D eigenvalue weighted by molar-refractivity contribution is 7.13. The van der Waals surface area contributed by atoms with Crippen LogP contribution in [0.1, 0.15) is 11.7 Å². The van der Waals surface area contributed by atoms with Crippen LogP contribution in [0.15, 0.2) is 35.8 Å². The molecule has 0 aliphatic rings. The molecule has 2 N–H and O–H groups in total. The van der Waals surface area contributed by atoms with Crippen molar-refractivity contribution < 1.29 is 14.6 Å². The van der Waals surface area contributed by atoms with E-state index in [1.54, 1.807) is 35.8 Å². The molecule has 5 nitrogen and oxygen atoms in total. The number of hydrogen-bond donors (Lipinski definition) is 2. The highest BCUT2D eigenvalue weighted by atomic mass is 32.1. The number of thiazole rings is 1. The van der Waals surface area contributed by atoms with Gasteiger partial charge in [0, 0.05) is 11.6 Å². The number of amides is 1. The fourth-order valence-corrected chi connectivity index (χ4v) is 1.95. The van der Waals surface area contributed by atoms with Crippen LogP contribution in [0.5, 0.6) is 5.75 Å². The van der Waals surface area contributed by atoms with E-state index in [4.69, 9.17) is 4.74 Å². The molecule has 1 aromatic heterocycles. The first-order chi connectivity index (χ1) is 8.70. The lowest BCUT2D eigenvalue weighted by atomic mass is 10.1. The Morgan fingerprint density at radius 2 is 2.39 bits per heavy atom. The molecule has 18 heavy (non-hydrogen) atoms. The third kappa shape index (κ3) is 2.85. The van der Waals surface area contributed by atoms with Crippen molar-refractivity contribution in [3.8, 4) is 5.75 Å². The standard InChI is InChI=1S/C12H12N2O3S/c1-17-9-4-2-3-8(7-9)10(15)11(16)14-12-13-5-6-18-12/h2-7,10,15H,1H3,(H,13,14,16). The molecule has 0 aliphatic heterocycles. The first-order valence-corrected chi connectivity index (χ1v) is 6.11. The summed E-state index contributed by atoms with van der Waals surface area (Å²) in [7, 11) is 1.53. The van der Waals surface area contributed by atoms with Crippen molar-refractivity contribution >= 4 is 22.4 Å². The molecule has 1 heterocycles. The Kier molecular flexibility index (Phi) is 3.91. The zero-order valence-corrected chi connectivity index (χ0v) is 10.5. The summed E-state index contributed by atoms with van der Waals surface area (Å²) in [6.45, 7) is 0. The van der Waals surface area contributed by atoms with E-state index >= 15 is 0 Å². The highest BCUT2D eigenvalue weighted by Gasteiger charge is 2.18. The first kappa shape index (κ1) is 12.5. The zero-order valence-electron chi connectivity index (χ0n) is 9.66. The highest BCUT2D eigenvalue weighted by Crippen LogP contribution is 2.21. The molecule has 6 heteroatoms. The third-order valence-corrected chi connectivity index (χ3v) is 3.01. The number of aliphatic hydroxyl groups is 1. The summed E-state index contributed by atoms with van der Waals surface area (Å²) in [5, 5.41) is 14.7. The topological polar surface area (TPSA) is 71.5 Å². The monoisotopic (exact) mass is 264 g/mol. The summed E-state index contributed by atoms with van der Waals surface area (Å²) in [6, 6.07) is 6.74. The van der Waals surface area contributed by atoms with Crippen LogP contribution in [-0.4, -0.2) is 23.1 Å². The van der Waals surface area contributed by atoms with E-state index in [0.29, 0.717) is 16.4 Å². The molecule has 1 atom stereocenters. The Balaban J connectivity index is 2.10. The minimum atomic E-state index is -1.25. The number of hydrogen-bond acceptors (Lipinski definition) is 5. The van der Waals surface area contributed by atoms with E-state index < -0.39 is 12.0 Å². The molecule has 0 radical (unpaired) electrons. The van der Waals surface area contributed by atoms with Gasteiger partial charge in [-0.05, 0) is 17.7 Å². The van der Waals surface area contributed by atoms with Crippen LogP contribution in [0.2, 0.25) is 0 Å². The van der Waals surface area contributed by atoms with Crippen molar-refractivity contribution in [2.24, 2.45) is 0 Å². The Morgan fingerprint density at radius 3 is 3.06 bits per heavy atom. The fraction of sp³-hybridized carbons (Fsp3) is 0.167. The van der Waals surface area contributed by atoms with Crippen molar-refractivity contribution in [2.75, 3.05) is 12.4 Å². The van der Waals surface area contributed by atoms with Gasteiger partial charge in [0.15, 0.2) is 11.2 Å². The number of benzene rings is 1. The first-order valence-electron chi connectivity index (χ1n) is 5.23. The summed E-state index contributed by atoms with van der Waals surface area (Å²) < 4.78 is 5.04. The number of nitrogens with one attached hydrogen (secondary N) is 1. The van der Waals surface area contributed by atoms with Crippen LogP contribution < -0.4 is 10.1 Å². The van der Waals surface area contributed by atoms with Crippen molar-refractivity contribution in [1.29, 1.82) is 0 Å². The summed E-state index contributed by atoms with van der Waals surface area (Å²) in [4.78, 5) is 15.7. The summed E-state index contributed by atoms with van der Waals surface area (Å²) in [5.41, 5.74) is 0.475. The van der Waals surface area contributed by atoms with E-state index in [1.165, 1.54) is 18.4 Å². The van der Waals surface area contributed by atoms with Gasteiger partial charge in [0.25, 0.3) is 5.91 Å². The Morgan fingerprint density at radius 1 is 1.56 bits per heavy atom. The molecule has 0 bridgehead atoms. The van der Waals surface area contributed by atoms with Crippen LogP contribution in [-0.2, 0) is 4.79 Å². The van der Waals surface area contributed by atoms with Crippen LogP contribution in [0.25, 0.3) is 0 Å². The summed E-state index contributed by atoms with van der Waals surface area (Å²) in [5.74, 6) is 0.0757. The Hall–Kier alpha value is -1.92. The van der Waals surface area contributed by atoms with Gasteiger partial charge in [-0.1, -0.05) is 12.1 Å². The maximum absolute atomic E-state index is 11.8. The molecule has 0 aliphatic carbocycles. The second-order valence-corrected chi connectivity index (χ2v) is 4.40. The van der Waals surface area contributed by atoms with Crippen LogP contribution in [0, 0.1) is 0 Å². The number of aliphatic hydroxyl groups excluding tert-OH is 1. The molecule has 0 saturated heterocycles. The zero-order chi connectivity index (χ0) is 13.0. The average Bonchev–Trinajstić information content (AvgIpc) is 2.90. The molecular weight excluding hydrogens is 252 g/mol. The predicted octanol–water partition coefficient (Wildman–Crippen LogP) is 1.82. The van der Waals surface area contributed by atoms with Crippen molar-refractivity contribution in [2.45, 2.75) is 6.10 Å². The Bertz CT molecular complexity index is 528. The third-order valence-electron chi connectivity index (χ3n) is 2.32. The number of ether oxygens (including phenoxy) is 1. The van der Waals surface area contributed by atoms with Crippen molar-refractivity contribution in [3.63, 3.8) is 0 Å². The van der Waals surface area contributed by atoms with E-state index in [-0.39, 0.29) is 0 Å². The van der Waals surface area contributed by atoms with Crippen LogP contribution in [0.3, 0.4) is 0 Å². The lowest BCUT2D eigenvalue weighted by Gasteiger charge is -2.11. The molecule has 1 unspecified atom stereocenters. The minimum Gasteiger partial charge on any atom is -0.497 e. The van der Waals surface area contributed by atoms with Gasteiger partial charge < -0.3 is 9.84 Å². The lowest BCUT2D eigenvalue weighted by molar-refractivity contribution is -0.124. The van der Waals surface area contributed by atoms with Gasteiger partial charge in [0.2, 0.25) is 0 Å². The minimum absolute atomic E-state index is 0.460. The molecule has 1 amide bonds. The molecule has 2 aromatic rings. The van der Waals surface area contributed by atoms with Gasteiger partial charge in [0.1, 0.15) is 5.75 Å². The number of nitrogens with zero attached hydrogens (tertiary/aromatic N) is 1.